The smallest absolute Gasteiger partial charge is 0.220 e. The van der Waals surface area contributed by atoms with Gasteiger partial charge >= 0.3 is 0 Å². The number of unbranched alkanes of at least 4 members (excludes halogenated alkanes) is 27. The van der Waals surface area contributed by atoms with Crippen molar-refractivity contribution in [3.63, 3.8) is 0 Å². The SMILES string of the molecule is CCCCCCCCCCCCCCCC/C=C/[C@@H](O)[C@H](CO[C@@H]1O[C@H](CO)[C@@H](O[C@@H]2O[C@H](CO)[C@H](O)C(O)C2O)C(O)C1O)NC(=O)CCCCCCCCCCCCCCCC. The zero-order chi connectivity index (χ0) is 46.8. The summed E-state index contributed by atoms with van der Waals surface area (Å²) < 4.78 is 22.7. The number of carbonyl (C=O) groups is 1. The van der Waals surface area contributed by atoms with Crippen LogP contribution in [0.2, 0.25) is 0 Å². The van der Waals surface area contributed by atoms with E-state index < -0.39 is 86.8 Å². The summed E-state index contributed by atoms with van der Waals surface area (Å²) in [5, 5.41) is 86.7. The van der Waals surface area contributed by atoms with Gasteiger partial charge in [-0.05, 0) is 19.3 Å². The molecule has 0 aromatic rings. The van der Waals surface area contributed by atoms with E-state index >= 15 is 0 Å². The normalized spacial score (nSPS) is 27.3. The van der Waals surface area contributed by atoms with Crippen LogP contribution < -0.4 is 5.32 Å². The highest BCUT2D eigenvalue weighted by Crippen LogP contribution is 2.30. The Labute approximate surface area is 386 Å². The van der Waals surface area contributed by atoms with Crippen molar-refractivity contribution in [3.05, 3.63) is 12.2 Å². The van der Waals surface area contributed by atoms with Crippen LogP contribution in [-0.4, -0.2) is 140 Å². The molecule has 0 aromatic heterocycles. The number of carbonyl (C=O) groups excluding carboxylic acids is 1. The van der Waals surface area contributed by atoms with Crippen molar-refractivity contribution in [2.24, 2.45) is 0 Å². The van der Waals surface area contributed by atoms with Gasteiger partial charge < -0.3 is 65.1 Å². The highest BCUT2D eigenvalue weighted by Gasteiger charge is 2.51. The number of allylic oxidation sites excluding steroid dienone is 1. The first-order valence-corrected chi connectivity index (χ1v) is 25.9. The number of ether oxygens (including phenoxy) is 4. The number of nitrogens with one attached hydrogen (secondary N) is 1. The van der Waals surface area contributed by atoms with E-state index in [1.54, 1.807) is 6.08 Å². The molecule has 0 radical (unpaired) electrons. The van der Waals surface area contributed by atoms with E-state index in [0.717, 1.165) is 38.5 Å². The molecule has 4 unspecified atom stereocenters. The first-order chi connectivity index (χ1) is 31.1. The van der Waals surface area contributed by atoms with Crippen molar-refractivity contribution < 1.29 is 64.6 Å². The first kappa shape index (κ1) is 58.9. The van der Waals surface area contributed by atoms with Crippen LogP contribution in [0.1, 0.15) is 206 Å². The Hall–Kier alpha value is -1.27. The quantitative estimate of drug-likeness (QED) is 0.0229. The third-order valence-corrected chi connectivity index (χ3v) is 13.0. The van der Waals surface area contributed by atoms with Crippen LogP contribution >= 0.6 is 0 Å². The van der Waals surface area contributed by atoms with Crippen LogP contribution in [0.15, 0.2) is 12.2 Å². The fourth-order valence-electron chi connectivity index (χ4n) is 8.70. The molecule has 14 heteroatoms. The minimum Gasteiger partial charge on any atom is -0.394 e. The summed E-state index contributed by atoms with van der Waals surface area (Å²) in [4.78, 5) is 13.2. The standard InChI is InChI=1S/C50H95NO13/c1-3-5-7-9-11-13-15-17-19-20-21-23-25-27-29-31-33-39(54)38(51-42(55)34-32-30-28-26-24-22-18-16-14-12-10-8-6-4-2)37-61-49-47(60)45(58)48(41(36-53)63-49)64-50-46(59)44(57)43(56)40(35-52)62-50/h31,33,38-41,43-50,52-54,56-60H,3-30,32,34-37H2,1-2H3,(H,51,55)/b33-31+/t38-,39+,40+,41+,43-,44?,45?,46?,47?,48+,49+,50-/m0/s1. The maximum Gasteiger partial charge on any atom is 0.220 e. The minimum atomic E-state index is -1.78. The van der Waals surface area contributed by atoms with Gasteiger partial charge in [0.1, 0.15) is 48.8 Å². The van der Waals surface area contributed by atoms with Gasteiger partial charge in [-0.2, -0.15) is 0 Å². The summed E-state index contributed by atoms with van der Waals surface area (Å²) in [5.74, 6) is -0.238. The first-order valence-electron chi connectivity index (χ1n) is 25.9. The molecule has 2 heterocycles. The van der Waals surface area contributed by atoms with E-state index in [9.17, 15) is 45.6 Å². The number of amides is 1. The van der Waals surface area contributed by atoms with E-state index in [4.69, 9.17) is 18.9 Å². The van der Waals surface area contributed by atoms with E-state index in [-0.39, 0.29) is 18.9 Å². The zero-order valence-electron chi connectivity index (χ0n) is 40.0. The predicted octanol–water partition coefficient (Wildman–Crippen LogP) is 6.77. The Balaban J connectivity index is 1.85. The predicted molar refractivity (Wildman–Crippen MR) is 249 cm³/mol. The fourth-order valence-corrected chi connectivity index (χ4v) is 8.70. The topological polar surface area (TPSA) is 228 Å². The highest BCUT2D eigenvalue weighted by molar-refractivity contribution is 5.76. The molecule has 2 aliphatic rings. The number of hydrogen-bond acceptors (Lipinski definition) is 13. The maximum atomic E-state index is 13.2. The van der Waals surface area contributed by atoms with E-state index in [2.05, 4.69) is 19.2 Å². The van der Waals surface area contributed by atoms with E-state index in [1.165, 1.54) is 141 Å². The van der Waals surface area contributed by atoms with Crippen molar-refractivity contribution >= 4 is 5.91 Å². The monoisotopic (exact) mass is 918 g/mol. The van der Waals surface area contributed by atoms with Crippen molar-refractivity contribution in [1.29, 1.82) is 0 Å². The number of aliphatic hydroxyl groups is 8. The fraction of sp³-hybridized carbons (Fsp3) is 0.940. The molecule has 378 valence electrons. The van der Waals surface area contributed by atoms with Crippen LogP contribution in [0.4, 0.5) is 0 Å². The van der Waals surface area contributed by atoms with Crippen LogP contribution in [0.25, 0.3) is 0 Å². The Kier molecular flexibility index (Phi) is 34.7. The molecule has 2 rings (SSSR count). The summed E-state index contributed by atoms with van der Waals surface area (Å²) in [6.45, 7) is 2.79. The number of rotatable bonds is 40. The summed E-state index contributed by atoms with van der Waals surface area (Å²) >= 11 is 0. The Bertz CT molecular complexity index is 1130. The number of aliphatic hydroxyl groups excluding tert-OH is 8. The molecule has 64 heavy (non-hydrogen) atoms. The average molecular weight is 918 g/mol. The molecule has 0 spiro atoms. The van der Waals surface area contributed by atoms with Crippen molar-refractivity contribution in [2.45, 2.75) is 280 Å². The summed E-state index contributed by atoms with van der Waals surface area (Å²) in [5.41, 5.74) is 0. The number of hydrogen-bond donors (Lipinski definition) is 9. The zero-order valence-corrected chi connectivity index (χ0v) is 40.0. The molecule has 2 saturated heterocycles. The van der Waals surface area contributed by atoms with Crippen LogP contribution in [0.5, 0.6) is 0 Å². The lowest BCUT2D eigenvalue weighted by atomic mass is 9.97. The Morgan fingerprint density at radius 3 is 1.44 bits per heavy atom. The van der Waals surface area contributed by atoms with Gasteiger partial charge in [0.15, 0.2) is 12.6 Å². The van der Waals surface area contributed by atoms with Gasteiger partial charge in [-0.1, -0.05) is 193 Å². The van der Waals surface area contributed by atoms with Gasteiger partial charge in [0.25, 0.3) is 0 Å². The van der Waals surface area contributed by atoms with Gasteiger partial charge in [0.05, 0.1) is 32.0 Å². The molecule has 2 fully saturated rings. The minimum absolute atomic E-state index is 0.238. The van der Waals surface area contributed by atoms with Crippen molar-refractivity contribution in [3.8, 4) is 0 Å². The van der Waals surface area contributed by atoms with Gasteiger partial charge in [0, 0.05) is 6.42 Å². The average Bonchev–Trinajstić information content (AvgIpc) is 3.29. The molecule has 0 bridgehead atoms. The van der Waals surface area contributed by atoms with Gasteiger partial charge in [-0.25, -0.2) is 0 Å². The molecular weight excluding hydrogens is 823 g/mol. The van der Waals surface area contributed by atoms with Crippen LogP contribution in [0, 0.1) is 0 Å². The lowest BCUT2D eigenvalue weighted by molar-refractivity contribution is -0.359. The lowest BCUT2D eigenvalue weighted by Crippen LogP contribution is -2.65. The summed E-state index contributed by atoms with van der Waals surface area (Å²) in [6.07, 6.45) is 22.4. The lowest BCUT2D eigenvalue weighted by Gasteiger charge is -2.46. The second-order valence-electron chi connectivity index (χ2n) is 18.7. The molecule has 0 saturated carbocycles. The second kappa shape index (κ2) is 37.7. The van der Waals surface area contributed by atoms with Gasteiger partial charge in [0.2, 0.25) is 5.91 Å². The molecule has 12 atom stereocenters. The van der Waals surface area contributed by atoms with Gasteiger partial charge in [-0.15, -0.1) is 0 Å². The van der Waals surface area contributed by atoms with Gasteiger partial charge in [-0.3, -0.25) is 4.79 Å². The third kappa shape index (κ3) is 24.7. The highest BCUT2D eigenvalue weighted by atomic mass is 16.7. The maximum absolute atomic E-state index is 13.2. The molecule has 9 N–H and O–H groups in total. The Morgan fingerprint density at radius 1 is 0.547 bits per heavy atom. The Morgan fingerprint density at radius 2 is 0.969 bits per heavy atom. The molecule has 1 amide bonds. The molecule has 0 aromatic carbocycles. The largest absolute Gasteiger partial charge is 0.394 e. The molecular formula is C50H95NO13. The van der Waals surface area contributed by atoms with E-state index in [1.807, 2.05) is 6.08 Å². The van der Waals surface area contributed by atoms with Crippen LogP contribution in [-0.2, 0) is 23.7 Å². The summed E-state index contributed by atoms with van der Waals surface area (Å²) in [7, 11) is 0. The van der Waals surface area contributed by atoms with Crippen molar-refractivity contribution in [1.82, 2.24) is 5.32 Å². The molecule has 2 aliphatic heterocycles. The third-order valence-electron chi connectivity index (χ3n) is 13.0. The second-order valence-corrected chi connectivity index (χ2v) is 18.7. The summed E-state index contributed by atoms with van der Waals surface area (Å²) in [6, 6.07) is -0.907. The molecule has 14 nitrogen and oxygen atoms in total. The molecule has 0 aliphatic carbocycles. The van der Waals surface area contributed by atoms with E-state index in [0.29, 0.717) is 6.42 Å². The van der Waals surface area contributed by atoms with Crippen molar-refractivity contribution in [2.75, 3.05) is 19.8 Å². The van der Waals surface area contributed by atoms with Crippen LogP contribution in [0.3, 0.4) is 0 Å².